The molecule has 0 bridgehead atoms. The third kappa shape index (κ3) is 4.41. The Morgan fingerprint density at radius 3 is 2.92 bits per heavy atom. The SMILES string of the molecule is CN=C(NCCc1ccc2ccccc2n1)NCC1(C)CCCS1. The van der Waals surface area contributed by atoms with Gasteiger partial charge in [-0.3, -0.25) is 9.98 Å². The van der Waals surface area contributed by atoms with E-state index in [1.165, 1.54) is 24.0 Å². The molecule has 0 aliphatic carbocycles. The number of thioether (sulfide) groups is 1. The van der Waals surface area contributed by atoms with Crippen molar-refractivity contribution in [2.45, 2.75) is 30.9 Å². The first-order chi connectivity index (χ1) is 11.7. The summed E-state index contributed by atoms with van der Waals surface area (Å²) >= 11 is 2.06. The highest BCUT2D eigenvalue weighted by atomic mass is 32.2. The van der Waals surface area contributed by atoms with Crippen molar-refractivity contribution < 1.29 is 0 Å². The van der Waals surface area contributed by atoms with Gasteiger partial charge in [0.15, 0.2) is 5.96 Å². The molecule has 2 heterocycles. The van der Waals surface area contributed by atoms with Gasteiger partial charge in [-0.25, -0.2) is 0 Å². The number of guanidine groups is 1. The molecular weight excluding hydrogens is 316 g/mol. The molecule has 0 amide bonds. The Kier molecular flexibility index (Phi) is 5.61. The van der Waals surface area contributed by atoms with Crippen LogP contribution in [0.1, 0.15) is 25.5 Å². The van der Waals surface area contributed by atoms with Crippen LogP contribution >= 0.6 is 11.8 Å². The predicted molar refractivity (Wildman–Crippen MR) is 105 cm³/mol. The second-order valence-corrected chi connectivity index (χ2v) is 8.18. The summed E-state index contributed by atoms with van der Waals surface area (Å²) in [5.41, 5.74) is 2.17. The van der Waals surface area contributed by atoms with E-state index in [-0.39, 0.29) is 0 Å². The average Bonchev–Trinajstić information content (AvgIpc) is 3.04. The molecule has 1 atom stereocenters. The van der Waals surface area contributed by atoms with Gasteiger partial charge in [0.2, 0.25) is 0 Å². The van der Waals surface area contributed by atoms with Gasteiger partial charge in [-0.1, -0.05) is 24.3 Å². The van der Waals surface area contributed by atoms with Gasteiger partial charge in [0.1, 0.15) is 0 Å². The van der Waals surface area contributed by atoms with Crippen LogP contribution in [-0.4, -0.2) is 41.6 Å². The standard InChI is InChI=1S/C19H26N4S/c1-19(11-5-13-24-19)14-22-18(20-2)21-12-10-16-9-8-15-6-3-4-7-17(15)23-16/h3-4,6-9H,5,10-14H2,1-2H3,(H2,20,21,22). The zero-order chi connectivity index (χ0) is 16.8. The van der Waals surface area contributed by atoms with E-state index in [9.17, 15) is 0 Å². The monoisotopic (exact) mass is 342 g/mol. The normalized spacial score (nSPS) is 21.2. The van der Waals surface area contributed by atoms with Crippen molar-refractivity contribution in [2.24, 2.45) is 4.99 Å². The molecule has 1 aromatic heterocycles. The minimum absolute atomic E-state index is 0.345. The molecule has 1 fully saturated rings. The highest BCUT2D eigenvalue weighted by Crippen LogP contribution is 2.36. The van der Waals surface area contributed by atoms with E-state index in [1.807, 2.05) is 19.2 Å². The van der Waals surface area contributed by atoms with E-state index in [0.29, 0.717) is 4.75 Å². The third-order valence-corrected chi connectivity index (χ3v) is 6.02. The van der Waals surface area contributed by atoms with Crippen LogP contribution < -0.4 is 10.6 Å². The number of aromatic nitrogens is 1. The van der Waals surface area contributed by atoms with E-state index in [2.05, 4.69) is 58.6 Å². The minimum Gasteiger partial charge on any atom is -0.356 e. The molecule has 0 radical (unpaired) electrons. The number of hydrogen-bond donors (Lipinski definition) is 2. The quantitative estimate of drug-likeness (QED) is 0.647. The van der Waals surface area contributed by atoms with Gasteiger partial charge in [0.05, 0.1) is 5.52 Å². The lowest BCUT2D eigenvalue weighted by Gasteiger charge is -2.24. The van der Waals surface area contributed by atoms with Crippen molar-refractivity contribution in [2.75, 3.05) is 25.9 Å². The minimum atomic E-state index is 0.345. The van der Waals surface area contributed by atoms with Crippen molar-refractivity contribution in [3.8, 4) is 0 Å². The predicted octanol–water partition coefficient (Wildman–Crippen LogP) is 3.23. The first-order valence-electron chi connectivity index (χ1n) is 8.62. The summed E-state index contributed by atoms with van der Waals surface area (Å²) in [5, 5.41) is 8.05. The Morgan fingerprint density at radius 1 is 1.25 bits per heavy atom. The van der Waals surface area contributed by atoms with Crippen LogP contribution in [-0.2, 0) is 6.42 Å². The van der Waals surface area contributed by atoms with Crippen LogP contribution in [0.25, 0.3) is 10.9 Å². The first-order valence-corrected chi connectivity index (χ1v) is 9.60. The molecule has 2 aromatic rings. The second-order valence-electron chi connectivity index (χ2n) is 6.50. The number of aliphatic imine (C=N–C) groups is 1. The number of para-hydroxylation sites is 1. The molecule has 24 heavy (non-hydrogen) atoms. The van der Waals surface area contributed by atoms with Crippen molar-refractivity contribution in [1.29, 1.82) is 0 Å². The zero-order valence-corrected chi connectivity index (χ0v) is 15.3. The molecule has 1 unspecified atom stereocenters. The lowest BCUT2D eigenvalue weighted by atomic mass is 10.1. The van der Waals surface area contributed by atoms with E-state index in [0.717, 1.165) is 36.7 Å². The summed E-state index contributed by atoms with van der Waals surface area (Å²) in [7, 11) is 1.83. The van der Waals surface area contributed by atoms with Gasteiger partial charge >= 0.3 is 0 Å². The Labute approximate surface area is 148 Å². The summed E-state index contributed by atoms with van der Waals surface area (Å²) < 4.78 is 0.345. The molecule has 1 saturated heterocycles. The van der Waals surface area contributed by atoms with Crippen molar-refractivity contribution >= 4 is 28.6 Å². The fourth-order valence-electron chi connectivity index (χ4n) is 3.02. The average molecular weight is 343 g/mol. The molecule has 4 nitrogen and oxygen atoms in total. The van der Waals surface area contributed by atoms with Crippen molar-refractivity contribution in [3.05, 3.63) is 42.1 Å². The fourth-order valence-corrected chi connectivity index (χ4v) is 4.27. The Balaban J connectivity index is 1.48. The number of pyridine rings is 1. The van der Waals surface area contributed by atoms with Crippen LogP contribution in [0.4, 0.5) is 0 Å². The first kappa shape index (κ1) is 17.1. The molecular formula is C19H26N4S. The molecule has 0 spiro atoms. The molecule has 128 valence electrons. The van der Waals surface area contributed by atoms with Gasteiger partial charge in [0.25, 0.3) is 0 Å². The summed E-state index contributed by atoms with van der Waals surface area (Å²) in [5.74, 6) is 2.15. The van der Waals surface area contributed by atoms with Crippen LogP contribution in [0, 0.1) is 0 Å². The number of hydrogen-bond acceptors (Lipinski definition) is 3. The fraction of sp³-hybridized carbons (Fsp3) is 0.474. The van der Waals surface area contributed by atoms with Crippen LogP contribution in [0.3, 0.4) is 0 Å². The summed E-state index contributed by atoms with van der Waals surface area (Å²) in [6.07, 6.45) is 3.49. The van der Waals surface area contributed by atoms with Gasteiger partial charge in [0, 0.05) is 42.4 Å². The van der Waals surface area contributed by atoms with E-state index >= 15 is 0 Å². The number of nitrogens with one attached hydrogen (secondary N) is 2. The van der Waals surface area contributed by atoms with E-state index in [1.54, 1.807) is 0 Å². The van der Waals surface area contributed by atoms with E-state index in [4.69, 9.17) is 4.98 Å². The van der Waals surface area contributed by atoms with Crippen molar-refractivity contribution in [1.82, 2.24) is 15.6 Å². The number of benzene rings is 1. The Hall–Kier alpha value is -1.75. The Morgan fingerprint density at radius 2 is 2.12 bits per heavy atom. The zero-order valence-electron chi connectivity index (χ0n) is 14.5. The van der Waals surface area contributed by atoms with Gasteiger partial charge in [-0.15, -0.1) is 0 Å². The molecule has 5 heteroatoms. The van der Waals surface area contributed by atoms with E-state index < -0.39 is 0 Å². The van der Waals surface area contributed by atoms with Gasteiger partial charge in [-0.05, 0) is 37.7 Å². The Bertz CT molecular complexity index is 707. The second kappa shape index (κ2) is 7.88. The highest BCUT2D eigenvalue weighted by Gasteiger charge is 2.29. The smallest absolute Gasteiger partial charge is 0.191 e. The molecule has 3 rings (SSSR count). The molecule has 0 saturated carbocycles. The lowest BCUT2D eigenvalue weighted by Crippen LogP contribution is -2.44. The molecule has 1 aliphatic rings. The molecule has 1 aromatic carbocycles. The number of nitrogens with zero attached hydrogens (tertiary/aromatic N) is 2. The van der Waals surface area contributed by atoms with Crippen LogP contribution in [0.15, 0.2) is 41.4 Å². The molecule has 2 N–H and O–H groups in total. The lowest BCUT2D eigenvalue weighted by molar-refractivity contribution is 0.584. The maximum atomic E-state index is 4.71. The maximum Gasteiger partial charge on any atom is 0.191 e. The number of rotatable bonds is 5. The number of fused-ring (bicyclic) bond motifs is 1. The summed E-state index contributed by atoms with van der Waals surface area (Å²) in [6.45, 7) is 4.13. The van der Waals surface area contributed by atoms with Crippen LogP contribution in [0.2, 0.25) is 0 Å². The van der Waals surface area contributed by atoms with Gasteiger partial charge < -0.3 is 10.6 Å². The third-order valence-electron chi connectivity index (χ3n) is 4.48. The van der Waals surface area contributed by atoms with Crippen LogP contribution in [0.5, 0.6) is 0 Å². The summed E-state index contributed by atoms with van der Waals surface area (Å²) in [4.78, 5) is 9.04. The highest BCUT2D eigenvalue weighted by molar-refractivity contribution is 8.00. The maximum absolute atomic E-state index is 4.71. The molecule has 1 aliphatic heterocycles. The van der Waals surface area contributed by atoms with Gasteiger partial charge in [-0.2, -0.15) is 11.8 Å². The summed E-state index contributed by atoms with van der Waals surface area (Å²) in [6, 6.07) is 12.5. The van der Waals surface area contributed by atoms with Crippen molar-refractivity contribution in [3.63, 3.8) is 0 Å². The topological polar surface area (TPSA) is 49.3 Å². The largest absolute Gasteiger partial charge is 0.356 e.